The Bertz CT molecular complexity index is 591. The van der Waals surface area contributed by atoms with Crippen molar-refractivity contribution in [3.05, 3.63) is 71.3 Å². The maximum absolute atomic E-state index is 12.4. The number of rotatable bonds is 5. The Morgan fingerprint density at radius 2 is 1.64 bits per heavy atom. The van der Waals surface area contributed by atoms with E-state index in [1.165, 1.54) is 5.56 Å². The Balaban J connectivity index is 1.96. The molecule has 0 aromatic heterocycles. The molecule has 0 radical (unpaired) electrons. The largest absolute Gasteiger partial charge is 0.334 e. The van der Waals surface area contributed by atoms with Gasteiger partial charge in [0, 0.05) is 19.1 Å². The van der Waals surface area contributed by atoms with E-state index in [1.54, 1.807) is 0 Å². The van der Waals surface area contributed by atoms with E-state index in [-0.39, 0.29) is 12.1 Å². The third kappa shape index (κ3) is 4.62. The van der Waals surface area contributed by atoms with Gasteiger partial charge >= 0.3 is 6.03 Å². The van der Waals surface area contributed by atoms with Crippen molar-refractivity contribution < 1.29 is 4.79 Å². The molecule has 2 aromatic rings. The van der Waals surface area contributed by atoms with Gasteiger partial charge in [0.25, 0.3) is 0 Å². The Morgan fingerprint density at radius 1 is 1.00 bits per heavy atom. The third-order valence-corrected chi connectivity index (χ3v) is 3.64. The van der Waals surface area contributed by atoms with Crippen LogP contribution < -0.4 is 5.32 Å². The van der Waals surface area contributed by atoms with E-state index in [0.29, 0.717) is 13.1 Å². The van der Waals surface area contributed by atoms with Gasteiger partial charge in [-0.1, -0.05) is 60.2 Å². The standard InChI is InChI=1S/C19H24N2O/c1-15(2)21(14-18-7-5-4-6-8-18)19(22)20-13-17-11-9-16(3)10-12-17/h4-12,15H,13-14H2,1-3H3,(H,20,22). The predicted molar refractivity (Wildman–Crippen MR) is 90.5 cm³/mol. The number of hydrogen-bond acceptors (Lipinski definition) is 1. The lowest BCUT2D eigenvalue weighted by molar-refractivity contribution is 0.179. The van der Waals surface area contributed by atoms with Crippen molar-refractivity contribution >= 4 is 6.03 Å². The number of benzene rings is 2. The van der Waals surface area contributed by atoms with Gasteiger partial charge in [-0.15, -0.1) is 0 Å². The van der Waals surface area contributed by atoms with Gasteiger partial charge < -0.3 is 10.2 Å². The Morgan fingerprint density at radius 3 is 2.23 bits per heavy atom. The van der Waals surface area contributed by atoms with E-state index in [9.17, 15) is 4.79 Å². The van der Waals surface area contributed by atoms with Gasteiger partial charge in [-0.05, 0) is 31.9 Å². The Hall–Kier alpha value is -2.29. The molecule has 1 N–H and O–H groups in total. The fraction of sp³-hybridized carbons (Fsp3) is 0.316. The van der Waals surface area contributed by atoms with Crippen molar-refractivity contribution in [1.82, 2.24) is 10.2 Å². The lowest BCUT2D eigenvalue weighted by Crippen LogP contribution is -2.43. The molecular weight excluding hydrogens is 272 g/mol. The van der Waals surface area contributed by atoms with E-state index in [4.69, 9.17) is 0 Å². The summed E-state index contributed by atoms with van der Waals surface area (Å²) in [5, 5.41) is 3.01. The van der Waals surface area contributed by atoms with Gasteiger partial charge in [-0.3, -0.25) is 0 Å². The van der Waals surface area contributed by atoms with Crippen molar-refractivity contribution in [3.8, 4) is 0 Å². The number of amides is 2. The topological polar surface area (TPSA) is 32.3 Å². The maximum Gasteiger partial charge on any atom is 0.318 e. The van der Waals surface area contributed by atoms with Crippen molar-refractivity contribution in [2.45, 2.75) is 39.9 Å². The minimum absolute atomic E-state index is 0.0283. The van der Waals surface area contributed by atoms with E-state index in [0.717, 1.165) is 11.1 Å². The molecule has 0 saturated carbocycles. The Labute approximate surface area is 133 Å². The molecule has 0 aliphatic rings. The van der Waals surface area contributed by atoms with Crippen LogP contribution in [0.2, 0.25) is 0 Å². The molecule has 0 heterocycles. The second-order valence-electron chi connectivity index (χ2n) is 5.85. The molecule has 3 heteroatoms. The van der Waals surface area contributed by atoms with E-state index >= 15 is 0 Å². The normalized spacial score (nSPS) is 10.5. The van der Waals surface area contributed by atoms with Crippen LogP contribution in [0.4, 0.5) is 4.79 Å². The first-order valence-electron chi connectivity index (χ1n) is 7.70. The number of carbonyl (C=O) groups excluding carboxylic acids is 1. The molecule has 0 aliphatic carbocycles. The second-order valence-corrected chi connectivity index (χ2v) is 5.85. The maximum atomic E-state index is 12.4. The minimum atomic E-state index is -0.0283. The number of aryl methyl sites for hydroxylation is 1. The zero-order chi connectivity index (χ0) is 15.9. The zero-order valence-electron chi connectivity index (χ0n) is 13.5. The summed E-state index contributed by atoms with van der Waals surface area (Å²) >= 11 is 0. The molecule has 2 amide bonds. The summed E-state index contributed by atoms with van der Waals surface area (Å²) in [4.78, 5) is 14.3. The number of hydrogen-bond donors (Lipinski definition) is 1. The quantitative estimate of drug-likeness (QED) is 0.884. The van der Waals surface area contributed by atoms with Gasteiger partial charge in [0.1, 0.15) is 0 Å². The molecule has 0 spiro atoms. The summed E-state index contributed by atoms with van der Waals surface area (Å²) in [6.07, 6.45) is 0. The molecule has 0 atom stereocenters. The molecule has 2 aromatic carbocycles. The van der Waals surface area contributed by atoms with Crippen LogP contribution in [0.15, 0.2) is 54.6 Å². The minimum Gasteiger partial charge on any atom is -0.334 e. The summed E-state index contributed by atoms with van der Waals surface area (Å²) < 4.78 is 0. The van der Waals surface area contributed by atoms with Gasteiger partial charge in [-0.25, -0.2) is 4.79 Å². The average molecular weight is 296 g/mol. The van der Waals surface area contributed by atoms with Crippen LogP contribution in [0.5, 0.6) is 0 Å². The van der Waals surface area contributed by atoms with Crippen LogP contribution in [0.1, 0.15) is 30.5 Å². The summed E-state index contributed by atoms with van der Waals surface area (Å²) in [6, 6.07) is 18.4. The molecule has 116 valence electrons. The summed E-state index contributed by atoms with van der Waals surface area (Å²) in [6.45, 7) is 7.31. The lowest BCUT2D eigenvalue weighted by atomic mass is 10.1. The molecule has 0 bridgehead atoms. The van der Waals surface area contributed by atoms with Crippen LogP contribution in [-0.4, -0.2) is 17.0 Å². The molecule has 2 rings (SSSR count). The van der Waals surface area contributed by atoms with Gasteiger partial charge in [0.2, 0.25) is 0 Å². The predicted octanol–water partition coefficient (Wildman–Crippen LogP) is 4.12. The zero-order valence-corrected chi connectivity index (χ0v) is 13.5. The van der Waals surface area contributed by atoms with Crippen LogP contribution in [-0.2, 0) is 13.1 Å². The average Bonchev–Trinajstić information content (AvgIpc) is 2.52. The first kappa shape index (κ1) is 16.1. The van der Waals surface area contributed by atoms with Crippen molar-refractivity contribution in [2.24, 2.45) is 0 Å². The summed E-state index contributed by atoms with van der Waals surface area (Å²) in [5.74, 6) is 0. The van der Waals surface area contributed by atoms with Crippen LogP contribution in [0.25, 0.3) is 0 Å². The highest BCUT2D eigenvalue weighted by molar-refractivity contribution is 5.74. The summed E-state index contributed by atoms with van der Waals surface area (Å²) in [7, 11) is 0. The molecular formula is C19H24N2O. The molecule has 0 fully saturated rings. The fourth-order valence-electron chi connectivity index (χ4n) is 2.25. The first-order valence-corrected chi connectivity index (χ1v) is 7.70. The van der Waals surface area contributed by atoms with Crippen molar-refractivity contribution in [3.63, 3.8) is 0 Å². The van der Waals surface area contributed by atoms with Gasteiger partial charge in [0.15, 0.2) is 0 Å². The molecule has 0 aliphatic heterocycles. The van der Waals surface area contributed by atoms with Gasteiger partial charge in [0.05, 0.1) is 0 Å². The number of carbonyl (C=O) groups is 1. The molecule has 22 heavy (non-hydrogen) atoms. The molecule has 3 nitrogen and oxygen atoms in total. The smallest absolute Gasteiger partial charge is 0.318 e. The van der Waals surface area contributed by atoms with E-state index in [2.05, 4.69) is 24.4 Å². The highest BCUT2D eigenvalue weighted by Gasteiger charge is 2.16. The highest BCUT2D eigenvalue weighted by atomic mass is 16.2. The van der Waals surface area contributed by atoms with Crippen LogP contribution >= 0.6 is 0 Å². The second kappa shape index (κ2) is 7.64. The molecule has 0 saturated heterocycles. The van der Waals surface area contributed by atoms with Crippen molar-refractivity contribution in [1.29, 1.82) is 0 Å². The SMILES string of the molecule is Cc1ccc(CNC(=O)N(Cc2ccccc2)C(C)C)cc1. The van der Waals surface area contributed by atoms with Crippen LogP contribution in [0, 0.1) is 6.92 Å². The Kier molecular flexibility index (Phi) is 5.59. The summed E-state index contributed by atoms with van der Waals surface area (Å²) in [5.41, 5.74) is 3.48. The third-order valence-electron chi connectivity index (χ3n) is 3.64. The van der Waals surface area contributed by atoms with E-state index < -0.39 is 0 Å². The molecule has 0 unspecified atom stereocenters. The van der Waals surface area contributed by atoms with Crippen LogP contribution in [0.3, 0.4) is 0 Å². The van der Waals surface area contributed by atoms with Gasteiger partial charge in [-0.2, -0.15) is 0 Å². The lowest BCUT2D eigenvalue weighted by Gasteiger charge is -2.27. The monoisotopic (exact) mass is 296 g/mol. The van der Waals surface area contributed by atoms with E-state index in [1.807, 2.05) is 61.2 Å². The number of urea groups is 1. The first-order chi connectivity index (χ1) is 10.6. The number of nitrogens with one attached hydrogen (secondary N) is 1. The highest BCUT2D eigenvalue weighted by Crippen LogP contribution is 2.09. The fourth-order valence-corrected chi connectivity index (χ4v) is 2.25. The number of nitrogens with zero attached hydrogens (tertiary/aromatic N) is 1. The van der Waals surface area contributed by atoms with Crippen molar-refractivity contribution in [2.75, 3.05) is 0 Å².